The molecule has 0 atom stereocenters. The average Bonchev–Trinajstić information content (AvgIpc) is 2.31. The van der Waals surface area contributed by atoms with Crippen molar-refractivity contribution in [2.24, 2.45) is 5.92 Å². The third kappa shape index (κ3) is 2.38. The Kier molecular flexibility index (Phi) is 3.66. The van der Waals surface area contributed by atoms with Crippen LogP contribution in [0.1, 0.15) is 35.5 Å². The van der Waals surface area contributed by atoms with E-state index in [4.69, 9.17) is 0 Å². The van der Waals surface area contributed by atoms with Crippen molar-refractivity contribution in [1.82, 2.24) is 9.47 Å². The highest BCUT2D eigenvalue weighted by Gasteiger charge is 2.20. The Morgan fingerprint density at radius 1 is 1.44 bits per heavy atom. The van der Waals surface area contributed by atoms with Gasteiger partial charge in [-0.05, 0) is 24.6 Å². The lowest BCUT2D eigenvalue weighted by atomic mass is 10.0. The van der Waals surface area contributed by atoms with Crippen LogP contribution in [0.3, 0.4) is 0 Å². The first-order valence-corrected chi connectivity index (χ1v) is 6.42. The summed E-state index contributed by atoms with van der Waals surface area (Å²) in [7, 11) is 2.06. The van der Waals surface area contributed by atoms with Crippen molar-refractivity contribution in [3.63, 3.8) is 0 Å². The number of hydrogen-bond acceptors (Lipinski definition) is 3. The number of pyridine rings is 1. The molecule has 1 aromatic rings. The van der Waals surface area contributed by atoms with Crippen LogP contribution in [-0.2, 0) is 19.5 Å². The van der Waals surface area contributed by atoms with Crippen LogP contribution >= 0.6 is 0 Å². The SMILES string of the molecule is CC(C)Cn1c2c(cc(C=O)c1=O)CN(C)CC2. The highest BCUT2D eigenvalue weighted by molar-refractivity contribution is 5.74. The molecule has 4 heteroatoms. The second-order valence-electron chi connectivity index (χ2n) is 5.49. The van der Waals surface area contributed by atoms with Gasteiger partial charge in [-0.3, -0.25) is 9.59 Å². The van der Waals surface area contributed by atoms with Crippen LogP contribution in [0, 0.1) is 5.92 Å². The molecule has 1 aromatic heterocycles. The Bertz CT molecular complexity index is 517. The summed E-state index contributed by atoms with van der Waals surface area (Å²) in [6, 6.07) is 1.76. The molecule has 0 aromatic carbocycles. The molecule has 0 saturated heterocycles. The van der Waals surface area contributed by atoms with Crippen LogP contribution in [0.5, 0.6) is 0 Å². The predicted octanol–water partition coefficient (Wildman–Crippen LogP) is 1.30. The number of carbonyl (C=O) groups excluding carboxylic acids is 1. The number of hydrogen-bond donors (Lipinski definition) is 0. The fraction of sp³-hybridized carbons (Fsp3) is 0.571. The van der Waals surface area contributed by atoms with E-state index in [1.54, 1.807) is 10.6 Å². The van der Waals surface area contributed by atoms with E-state index in [0.717, 1.165) is 30.8 Å². The van der Waals surface area contributed by atoms with Crippen molar-refractivity contribution < 1.29 is 4.79 Å². The fourth-order valence-electron chi connectivity index (χ4n) is 2.53. The van der Waals surface area contributed by atoms with Gasteiger partial charge in [-0.2, -0.15) is 0 Å². The number of nitrogens with zero attached hydrogens (tertiary/aromatic N) is 2. The predicted molar refractivity (Wildman–Crippen MR) is 71.0 cm³/mol. The van der Waals surface area contributed by atoms with E-state index in [0.29, 0.717) is 18.7 Å². The van der Waals surface area contributed by atoms with Crippen LogP contribution in [0.2, 0.25) is 0 Å². The molecule has 1 aliphatic heterocycles. The normalized spacial score (nSPS) is 15.8. The topological polar surface area (TPSA) is 42.3 Å². The van der Waals surface area contributed by atoms with Crippen LogP contribution in [-0.4, -0.2) is 29.3 Å². The molecule has 0 spiro atoms. The molecular weight excluding hydrogens is 228 g/mol. The van der Waals surface area contributed by atoms with Gasteiger partial charge in [0.15, 0.2) is 6.29 Å². The second kappa shape index (κ2) is 5.06. The van der Waals surface area contributed by atoms with Gasteiger partial charge in [-0.15, -0.1) is 0 Å². The van der Waals surface area contributed by atoms with E-state index in [9.17, 15) is 9.59 Å². The van der Waals surface area contributed by atoms with E-state index in [-0.39, 0.29) is 11.1 Å². The van der Waals surface area contributed by atoms with Gasteiger partial charge >= 0.3 is 0 Å². The van der Waals surface area contributed by atoms with Crippen molar-refractivity contribution in [1.29, 1.82) is 0 Å². The van der Waals surface area contributed by atoms with Crippen LogP contribution in [0.15, 0.2) is 10.9 Å². The third-order valence-electron chi connectivity index (χ3n) is 3.36. The Labute approximate surface area is 107 Å². The summed E-state index contributed by atoms with van der Waals surface area (Å²) in [6.07, 6.45) is 1.56. The van der Waals surface area contributed by atoms with Gasteiger partial charge < -0.3 is 9.47 Å². The molecule has 0 amide bonds. The molecule has 0 saturated carbocycles. The lowest BCUT2D eigenvalue weighted by Gasteiger charge is -2.28. The van der Waals surface area contributed by atoms with Gasteiger partial charge in [0, 0.05) is 31.7 Å². The van der Waals surface area contributed by atoms with Gasteiger partial charge in [0.25, 0.3) is 5.56 Å². The maximum Gasteiger partial charge on any atom is 0.261 e. The first-order valence-electron chi connectivity index (χ1n) is 6.42. The van der Waals surface area contributed by atoms with Crippen molar-refractivity contribution in [2.75, 3.05) is 13.6 Å². The fourth-order valence-corrected chi connectivity index (χ4v) is 2.53. The summed E-state index contributed by atoms with van der Waals surface area (Å²) >= 11 is 0. The van der Waals surface area contributed by atoms with Gasteiger partial charge in [0.1, 0.15) is 0 Å². The average molecular weight is 248 g/mol. The third-order valence-corrected chi connectivity index (χ3v) is 3.36. The zero-order valence-corrected chi connectivity index (χ0v) is 11.3. The van der Waals surface area contributed by atoms with E-state index >= 15 is 0 Å². The molecule has 18 heavy (non-hydrogen) atoms. The van der Waals surface area contributed by atoms with Crippen LogP contribution in [0.4, 0.5) is 0 Å². The standard InChI is InChI=1S/C14H20N2O2/c1-10(2)7-16-13-4-5-15(3)8-11(13)6-12(9-17)14(16)18/h6,9-10H,4-5,7-8H2,1-3H3. The molecule has 0 N–H and O–H groups in total. The van der Waals surface area contributed by atoms with E-state index in [1.165, 1.54) is 0 Å². The zero-order valence-electron chi connectivity index (χ0n) is 11.3. The smallest absolute Gasteiger partial charge is 0.261 e. The minimum Gasteiger partial charge on any atom is -0.311 e. The van der Waals surface area contributed by atoms with E-state index in [1.807, 2.05) is 0 Å². The van der Waals surface area contributed by atoms with Gasteiger partial charge in [0.05, 0.1) is 5.56 Å². The molecule has 0 unspecified atom stereocenters. The first kappa shape index (κ1) is 13.0. The second-order valence-corrected chi connectivity index (χ2v) is 5.49. The van der Waals surface area contributed by atoms with Gasteiger partial charge in [-0.1, -0.05) is 13.8 Å². The molecule has 1 aliphatic rings. The molecule has 4 nitrogen and oxygen atoms in total. The summed E-state index contributed by atoms with van der Waals surface area (Å²) in [4.78, 5) is 25.4. The summed E-state index contributed by atoms with van der Waals surface area (Å²) < 4.78 is 1.80. The number of likely N-dealkylation sites (N-methyl/N-ethyl adjacent to an activating group) is 1. The molecule has 0 bridgehead atoms. The summed E-state index contributed by atoms with van der Waals surface area (Å²) in [5, 5.41) is 0. The summed E-state index contributed by atoms with van der Waals surface area (Å²) in [5.41, 5.74) is 2.37. The maximum atomic E-state index is 12.2. The Balaban J connectivity index is 2.58. The minimum atomic E-state index is -0.137. The van der Waals surface area contributed by atoms with Crippen LogP contribution in [0.25, 0.3) is 0 Å². The Morgan fingerprint density at radius 3 is 2.78 bits per heavy atom. The summed E-state index contributed by atoms with van der Waals surface area (Å²) in [6.45, 7) is 6.63. The summed E-state index contributed by atoms with van der Waals surface area (Å²) in [5.74, 6) is 0.397. The van der Waals surface area contributed by atoms with Crippen LogP contribution < -0.4 is 5.56 Å². The number of aromatic nitrogens is 1. The zero-order chi connectivity index (χ0) is 13.3. The molecule has 0 radical (unpaired) electrons. The van der Waals surface area contributed by atoms with Gasteiger partial charge in [-0.25, -0.2) is 0 Å². The molecule has 0 fully saturated rings. The highest BCUT2D eigenvalue weighted by atomic mass is 16.1. The molecular formula is C14H20N2O2. The molecule has 0 aliphatic carbocycles. The number of fused-ring (bicyclic) bond motifs is 1. The number of rotatable bonds is 3. The maximum absolute atomic E-state index is 12.2. The minimum absolute atomic E-state index is 0.137. The largest absolute Gasteiger partial charge is 0.311 e. The quantitative estimate of drug-likeness (QED) is 0.757. The number of aldehydes is 1. The lowest BCUT2D eigenvalue weighted by molar-refractivity contribution is 0.112. The van der Waals surface area contributed by atoms with Gasteiger partial charge in [0.2, 0.25) is 0 Å². The highest BCUT2D eigenvalue weighted by Crippen LogP contribution is 2.18. The monoisotopic (exact) mass is 248 g/mol. The van der Waals surface area contributed by atoms with Crippen molar-refractivity contribution in [3.8, 4) is 0 Å². The van der Waals surface area contributed by atoms with E-state index in [2.05, 4.69) is 25.8 Å². The Morgan fingerprint density at radius 2 is 2.17 bits per heavy atom. The first-order chi connectivity index (χ1) is 8.52. The molecule has 98 valence electrons. The lowest BCUT2D eigenvalue weighted by Crippen LogP contribution is -2.36. The van der Waals surface area contributed by atoms with Crippen molar-refractivity contribution in [2.45, 2.75) is 33.4 Å². The molecule has 2 heterocycles. The van der Waals surface area contributed by atoms with Crippen molar-refractivity contribution >= 4 is 6.29 Å². The van der Waals surface area contributed by atoms with E-state index < -0.39 is 0 Å². The number of carbonyl (C=O) groups is 1. The van der Waals surface area contributed by atoms with Crippen molar-refractivity contribution in [3.05, 3.63) is 33.2 Å². The Hall–Kier alpha value is -1.42. The molecule has 2 rings (SSSR count).